The monoisotopic (exact) mass is 356 g/mol. The van der Waals surface area contributed by atoms with Crippen LogP contribution in [0, 0.1) is 12.7 Å². The van der Waals surface area contributed by atoms with Crippen molar-refractivity contribution in [1.29, 1.82) is 0 Å². The summed E-state index contributed by atoms with van der Waals surface area (Å²) in [5.74, 6) is 0.602. The maximum atomic E-state index is 13.5. The van der Waals surface area contributed by atoms with Crippen molar-refractivity contribution in [2.45, 2.75) is 13.3 Å². The molecule has 0 saturated carbocycles. The third kappa shape index (κ3) is 3.49. The number of aromatic nitrogens is 1. The number of nitrogens with one attached hydrogen (secondary N) is 2. The number of carbonyl (C=O) groups is 1. The van der Waals surface area contributed by atoms with Gasteiger partial charge in [0.25, 0.3) is 5.91 Å². The minimum absolute atomic E-state index is 0.199. The molecule has 0 radical (unpaired) electrons. The molecule has 0 aliphatic rings. The van der Waals surface area contributed by atoms with Gasteiger partial charge in [0.2, 0.25) is 0 Å². The largest absolute Gasteiger partial charge is 0.493 e. The summed E-state index contributed by atoms with van der Waals surface area (Å²) >= 11 is 0. The Morgan fingerprint density at radius 3 is 2.62 bits per heavy atom. The van der Waals surface area contributed by atoms with Crippen molar-refractivity contribution < 1.29 is 18.7 Å². The zero-order chi connectivity index (χ0) is 18.7. The summed E-state index contributed by atoms with van der Waals surface area (Å²) in [5, 5.41) is 3.74. The summed E-state index contributed by atoms with van der Waals surface area (Å²) in [6, 6.07) is 9.69. The third-order valence-electron chi connectivity index (χ3n) is 4.39. The number of hydrogen-bond acceptors (Lipinski definition) is 3. The van der Waals surface area contributed by atoms with Crippen LogP contribution in [-0.4, -0.2) is 31.7 Å². The summed E-state index contributed by atoms with van der Waals surface area (Å²) in [4.78, 5) is 15.6. The highest BCUT2D eigenvalue weighted by Gasteiger charge is 2.12. The lowest BCUT2D eigenvalue weighted by molar-refractivity contribution is 0.0953. The summed E-state index contributed by atoms with van der Waals surface area (Å²) in [7, 11) is 3.07. The number of amides is 1. The van der Waals surface area contributed by atoms with Crippen LogP contribution in [0.3, 0.4) is 0 Å². The van der Waals surface area contributed by atoms with Crippen LogP contribution in [0.4, 0.5) is 4.39 Å². The standard InChI is InChI=1S/C20H21FN2O3/c1-12-15(16-11-14(21)5-6-17(16)23-12)8-9-22-20(24)13-4-7-18(25-2)19(10-13)26-3/h4-7,10-11,23H,8-9H2,1-3H3,(H,22,24). The lowest BCUT2D eigenvalue weighted by Crippen LogP contribution is -2.25. The molecule has 2 aromatic carbocycles. The van der Waals surface area contributed by atoms with E-state index in [0.717, 1.165) is 22.2 Å². The number of methoxy groups -OCH3 is 2. The fourth-order valence-corrected chi connectivity index (χ4v) is 3.06. The van der Waals surface area contributed by atoms with Crippen LogP contribution in [0.15, 0.2) is 36.4 Å². The predicted molar refractivity (Wildman–Crippen MR) is 98.6 cm³/mol. The van der Waals surface area contributed by atoms with Gasteiger partial charge < -0.3 is 19.8 Å². The van der Waals surface area contributed by atoms with Gasteiger partial charge in [-0.2, -0.15) is 0 Å². The summed E-state index contributed by atoms with van der Waals surface area (Å²) in [6.45, 7) is 2.39. The van der Waals surface area contributed by atoms with Gasteiger partial charge in [0.15, 0.2) is 11.5 Å². The Labute approximate surface area is 151 Å². The first-order valence-electron chi connectivity index (χ1n) is 8.30. The molecule has 0 fully saturated rings. The second-order valence-electron chi connectivity index (χ2n) is 5.99. The van der Waals surface area contributed by atoms with Crippen LogP contribution in [0.1, 0.15) is 21.6 Å². The molecule has 0 bridgehead atoms. The Kier molecular flexibility index (Phi) is 5.11. The van der Waals surface area contributed by atoms with Crippen molar-refractivity contribution in [2.75, 3.05) is 20.8 Å². The van der Waals surface area contributed by atoms with Gasteiger partial charge in [-0.1, -0.05) is 0 Å². The molecular formula is C20H21FN2O3. The Balaban J connectivity index is 1.69. The molecule has 136 valence electrons. The Morgan fingerprint density at radius 1 is 1.12 bits per heavy atom. The molecule has 0 aliphatic heterocycles. The summed E-state index contributed by atoms with van der Waals surface area (Å²) < 4.78 is 23.9. The van der Waals surface area contributed by atoms with Crippen molar-refractivity contribution in [3.63, 3.8) is 0 Å². The number of hydrogen-bond donors (Lipinski definition) is 2. The van der Waals surface area contributed by atoms with E-state index in [0.29, 0.717) is 30.0 Å². The molecule has 5 nitrogen and oxygen atoms in total. The second-order valence-corrected chi connectivity index (χ2v) is 5.99. The first-order chi connectivity index (χ1) is 12.5. The van der Waals surface area contributed by atoms with Gasteiger partial charge in [-0.15, -0.1) is 0 Å². The fourth-order valence-electron chi connectivity index (χ4n) is 3.06. The zero-order valence-corrected chi connectivity index (χ0v) is 15.0. The average molecular weight is 356 g/mol. The summed E-state index contributed by atoms with van der Waals surface area (Å²) in [6.07, 6.45) is 0.605. The second kappa shape index (κ2) is 7.47. The number of ether oxygens (including phenoxy) is 2. The van der Waals surface area contributed by atoms with Crippen LogP contribution < -0.4 is 14.8 Å². The lowest BCUT2D eigenvalue weighted by Gasteiger charge is -2.10. The third-order valence-corrected chi connectivity index (χ3v) is 4.39. The maximum Gasteiger partial charge on any atom is 0.251 e. The molecule has 3 aromatic rings. The van der Waals surface area contributed by atoms with E-state index in [-0.39, 0.29) is 11.7 Å². The molecule has 0 atom stereocenters. The molecule has 0 unspecified atom stereocenters. The Bertz CT molecular complexity index is 950. The molecule has 26 heavy (non-hydrogen) atoms. The average Bonchev–Trinajstić information content (AvgIpc) is 2.95. The smallest absolute Gasteiger partial charge is 0.251 e. The van der Waals surface area contributed by atoms with E-state index in [4.69, 9.17) is 9.47 Å². The number of aromatic amines is 1. The molecule has 0 spiro atoms. The maximum absolute atomic E-state index is 13.5. The van der Waals surface area contributed by atoms with Gasteiger partial charge in [0.05, 0.1) is 14.2 Å². The Morgan fingerprint density at radius 2 is 1.88 bits per heavy atom. The van der Waals surface area contributed by atoms with Gasteiger partial charge >= 0.3 is 0 Å². The molecule has 0 aliphatic carbocycles. The van der Waals surface area contributed by atoms with Crippen molar-refractivity contribution in [2.24, 2.45) is 0 Å². The molecule has 1 amide bonds. The molecule has 1 aromatic heterocycles. The van der Waals surface area contributed by atoms with Crippen LogP contribution >= 0.6 is 0 Å². The molecule has 3 rings (SSSR count). The van der Waals surface area contributed by atoms with E-state index in [1.54, 1.807) is 31.4 Å². The van der Waals surface area contributed by atoms with Gasteiger partial charge in [-0.25, -0.2) is 4.39 Å². The molecule has 6 heteroatoms. The molecule has 1 heterocycles. The van der Waals surface area contributed by atoms with E-state index < -0.39 is 0 Å². The van der Waals surface area contributed by atoms with Crippen LogP contribution in [0.2, 0.25) is 0 Å². The van der Waals surface area contributed by atoms with E-state index in [1.165, 1.54) is 19.2 Å². The number of H-pyrrole nitrogens is 1. The fraction of sp³-hybridized carbons (Fsp3) is 0.250. The number of carbonyl (C=O) groups excluding carboxylic acids is 1. The van der Waals surface area contributed by atoms with Crippen molar-refractivity contribution in [3.8, 4) is 11.5 Å². The van der Waals surface area contributed by atoms with Gasteiger partial charge in [0.1, 0.15) is 5.82 Å². The van der Waals surface area contributed by atoms with Crippen molar-refractivity contribution in [1.82, 2.24) is 10.3 Å². The van der Waals surface area contributed by atoms with E-state index >= 15 is 0 Å². The molecular weight excluding hydrogens is 335 g/mol. The van der Waals surface area contributed by atoms with Gasteiger partial charge in [-0.05, 0) is 55.3 Å². The van der Waals surface area contributed by atoms with E-state index in [9.17, 15) is 9.18 Å². The first kappa shape index (κ1) is 17.8. The first-order valence-corrected chi connectivity index (χ1v) is 8.30. The van der Waals surface area contributed by atoms with E-state index in [2.05, 4.69) is 10.3 Å². The SMILES string of the molecule is COc1ccc(C(=O)NCCc2c(C)[nH]c3ccc(F)cc23)cc1OC. The van der Waals surface area contributed by atoms with E-state index in [1.807, 2.05) is 6.92 Å². The predicted octanol–water partition coefficient (Wildman–Crippen LogP) is 3.61. The number of aryl methyl sites for hydroxylation is 1. The molecule has 2 N–H and O–H groups in total. The summed E-state index contributed by atoms with van der Waals surface area (Å²) in [5.41, 5.74) is 3.37. The zero-order valence-electron chi connectivity index (χ0n) is 15.0. The number of rotatable bonds is 6. The quantitative estimate of drug-likeness (QED) is 0.709. The lowest BCUT2D eigenvalue weighted by atomic mass is 10.1. The van der Waals surface area contributed by atoms with Crippen molar-refractivity contribution in [3.05, 3.63) is 59.0 Å². The molecule has 0 saturated heterocycles. The highest BCUT2D eigenvalue weighted by molar-refractivity contribution is 5.95. The Hall–Kier alpha value is -3.02. The van der Waals surface area contributed by atoms with Crippen LogP contribution in [0.5, 0.6) is 11.5 Å². The van der Waals surface area contributed by atoms with Crippen LogP contribution in [0.25, 0.3) is 10.9 Å². The number of halogens is 1. The number of benzene rings is 2. The van der Waals surface area contributed by atoms with Crippen molar-refractivity contribution >= 4 is 16.8 Å². The number of fused-ring (bicyclic) bond motifs is 1. The van der Waals surface area contributed by atoms with Crippen LogP contribution in [-0.2, 0) is 6.42 Å². The van der Waals surface area contributed by atoms with Gasteiger partial charge in [-0.3, -0.25) is 4.79 Å². The van der Waals surface area contributed by atoms with Gasteiger partial charge in [0, 0.05) is 28.7 Å². The highest BCUT2D eigenvalue weighted by Crippen LogP contribution is 2.27. The minimum Gasteiger partial charge on any atom is -0.493 e. The topological polar surface area (TPSA) is 63.3 Å². The minimum atomic E-state index is -0.271. The normalized spacial score (nSPS) is 10.8. The highest BCUT2D eigenvalue weighted by atomic mass is 19.1.